The Labute approximate surface area is 112 Å². The molecule has 5 nitrogen and oxygen atoms in total. The molecular formula is C13H17NO4S. The molecule has 1 fully saturated rings. The van der Waals surface area contributed by atoms with Crippen molar-refractivity contribution in [2.75, 3.05) is 0 Å². The number of rotatable bonds is 3. The molecule has 0 heterocycles. The molecule has 1 aromatic carbocycles. The van der Waals surface area contributed by atoms with Crippen LogP contribution in [0.4, 0.5) is 0 Å². The van der Waals surface area contributed by atoms with Crippen LogP contribution in [0, 0.1) is 6.92 Å². The average molecular weight is 283 g/mol. The Kier molecular flexibility index (Phi) is 3.91. The molecule has 6 heteroatoms. The van der Waals surface area contributed by atoms with Gasteiger partial charge in [-0.2, -0.15) is 0 Å². The first kappa shape index (κ1) is 14.0. The molecule has 19 heavy (non-hydrogen) atoms. The standard InChI is InChI=1S/C13H17NO4S/c1-9-6-10(8-12(7-9)19(14,16)17)13(15)18-11-4-2-3-5-11/h6-8,11H,2-5H2,1H3,(H2,14,16,17). The van der Waals surface area contributed by atoms with Gasteiger partial charge in [-0.3, -0.25) is 0 Å². The highest BCUT2D eigenvalue weighted by Crippen LogP contribution is 2.23. The molecule has 0 unspecified atom stereocenters. The Balaban J connectivity index is 2.24. The summed E-state index contributed by atoms with van der Waals surface area (Å²) in [6.45, 7) is 1.71. The van der Waals surface area contributed by atoms with Crippen LogP contribution in [0.5, 0.6) is 0 Å². The van der Waals surface area contributed by atoms with Crippen LogP contribution < -0.4 is 5.14 Å². The maximum absolute atomic E-state index is 12.0. The summed E-state index contributed by atoms with van der Waals surface area (Å²) in [4.78, 5) is 11.9. The quantitative estimate of drug-likeness (QED) is 0.856. The molecule has 104 valence electrons. The number of nitrogens with two attached hydrogens (primary N) is 1. The van der Waals surface area contributed by atoms with E-state index in [9.17, 15) is 13.2 Å². The molecule has 1 saturated carbocycles. The van der Waals surface area contributed by atoms with Crippen molar-refractivity contribution >= 4 is 16.0 Å². The highest BCUT2D eigenvalue weighted by Gasteiger charge is 2.21. The van der Waals surface area contributed by atoms with E-state index in [1.165, 1.54) is 12.1 Å². The molecule has 0 aliphatic heterocycles. The number of primary sulfonamides is 1. The Morgan fingerprint density at radius 1 is 1.26 bits per heavy atom. The number of carbonyl (C=O) groups excluding carboxylic acids is 1. The second-order valence-corrected chi connectivity index (χ2v) is 6.45. The third kappa shape index (κ3) is 3.54. The number of aryl methyl sites for hydroxylation is 1. The van der Waals surface area contributed by atoms with Gasteiger partial charge in [0.15, 0.2) is 0 Å². The molecule has 0 amide bonds. The van der Waals surface area contributed by atoms with Crippen LogP contribution in [0.3, 0.4) is 0 Å². The molecule has 0 bridgehead atoms. The number of carbonyl (C=O) groups is 1. The van der Waals surface area contributed by atoms with Gasteiger partial charge in [0.2, 0.25) is 10.0 Å². The molecule has 2 rings (SSSR count). The maximum Gasteiger partial charge on any atom is 0.338 e. The summed E-state index contributed by atoms with van der Waals surface area (Å²) in [5.41, 5.74) is 0.890. The lowest BCUT2D eigenvalue weighted by molar-refractivity contribution is 0.0317. The Hall–Kier alpha value is -1.40. The molecule has 0 spiro atoms. The second-order valence-electron chi connectivity index (χ2n) is 4.89. The topological polar surface area (TPSA) is 86.5 Å². The van der Waals surface area contributed by atoms with Gasteiger partial charge in [0.25, 0.3) is 0 Å². The van der Waals surface area contributed by atoms with Crippen LogP contribution in [0.15, 0.2) is 23.1 Å². The Morgan fingerprint density at radius 2 is 1.89 bits per heavy atom. The van der Waals surface area contributed by atoms with E-state index in [1.54, 1.807) is 13.0 Å². The van der Waals surface area contributed by atoms with E-state index in [0.29, 0.717) is 5.56 Å². The van der Waals surface area contributed by atoms with Crippen molar-refractivity contribution in [3.8, 4) is 0 Å². The van der Waals surface area contributed by atoms with Gasteiger partial charge in [-0.1, -0.05) is 0 Å². The van der Waals surface area contributed by atoms with Gasteiger partial charge >= 0.3 is 5.97 Å². The summed E-state index contributed by atoms with van der Waals surface area (Å²) in [6, 6.07) is 4.30. The van der Waals surface area contributed by atoms with E-state index in [0.717, 1.165) is 25.7 Å². The summed E-state index contributed by atoms with van der Waals surface area (Å²) < 4.78 is 28.0. The van der Waals surface area contributed by atoms with Gasteiger partial charge in [-0.05, 0) is 56.4 Å². The summed E-state index contributed by atoms with van der Waals surface area (Å²) in [6.07, 6.45) is 3.83. The van der Waals surface area contributed by atoms with Crippen molar-refractivity contribution in [3.05, 3.63) is 29.3 Å². The largest absolute Gasteiger partial charge is 0.459 e. The first-order valence-electron chi connectivity index (χ1n) is 6.22. The molecule has 1 aromatic rings. The number of benzene rings is 1. The fourth-order valence-corrected chi connectivity index (χ4v) is 2.90. The molecule has 0 aromatic heterocycles. The lowest BCUT2D eigenvalue weighted by Crippen LogP contribution is -2.17. The SMILES string of the molecule is Cc1cc(C(=O)OC2CCCC2)cc(S(N)(=O)=O)c1. The monoisotopic (exact) mass is 283 g/mol. The van der Waals surface area contributed by atoms with Crippen LogP contribution in [0.25, 0.3) is 0 Å². The Morgan fingerprint density at radius 3 is 2.47 bits per heavy atom. The van der Waals surface area contributed by atoms with Crippen molar-refractivity contribution in [1.29, 1.82) is 0 Å². The van der Waals surface area contributed by atoms with Crippen molar-refractivity contribution in [2.24, 2.45) is 5.14 Å². The van der Waals surface area contributed by atoms with Gasteiger partial charge in [-0.15, -0.1) is 0 Å². The Bertz CT molecular complexity index is 589. The summed E-state index contributed by atoms with van der Waals surface area (Å²) in [7, 11) is -3.82. The maximum atomic E-state index is 12.0. The summed E-state index contributed by atoms with van der Waals surface area (Å²) in [5, 5.41) is 5.08. The van der Waals surface area contributed by atoms with Gasteiger partial charge in [0.1, 0.15) is 6.10 Å². The third-order valence-corrected chi connectivity index (χ3v) is 4.08. The molecule has 1 aliphatic rings. The van der Waals surface area contributed by atoms with Crippen LogP contribution in [-0.4, -0.2) is 20.5 Å². The molecule has 0 radical (unpaired) electrons. The third-order valence-electron chi connectivity index (χ3n) is 3.19. The van der Waals surface area contributed by atoms with Crippen LogP contribution in [0.1, 0.15) is 41.6 Å². The lowest BCUT2D eigenvalue weighted by Gasteiger charge is -2.12. The number of hydrogen-bond acceptors (Lipinski definition) is 4. The highest BCUT2D eigenvalue weighted by atomic mass is 32.2. The van der Waals surface area contributed by atoms with Gasteiger partial charge in [0, 0.05) is 0 Å². The van der Waals surface area contributed by atoms with Crippen LogP contribution in [0.2, 0.25) is 0 Å². The molecule has 1 aliphatic carbocycles. The van der Waals surface area contributed by atoms with E-state index >= 15 is 0 Å². The number of hydrogen-bond donors (Lipinski definition) is 1. The minimum absolute atomic E-state index is 0.0501. The van der Waals surface area contributed by atoms with Crippen molar-refractivity contribution in [1.82, 2.24) is 0 Å². The first-order valence-corrected chi connectivity index (χ1v) is 7.76. The smallest absolute Gasteiger partial charge is 0.338 e. The van der Waals surface area contributed by atoms with E-state index < -0.39 is 16.0 Å². The number of ether oxygens (including phenoxy) is 1. The zero-order valence-corrected chi connectivity index (χ0v) is 11.6. The molecule has 2 N–H and O–H groups in total. The van der Waals surface area contributed by atoms with Crippen molar-refractivity contribution in [3.63, 3.8) is 0 Å². The average Bonchev–Trinajstić information content (AvgIpc) is 2.79. The van der Waals surface area contributed by atoms with E-state index in [-0.39, 0.29) is 16.6 Å². The van der Waals surface area contributed by atoms with E-state index in [4.69, 9.17) is 9.88 Å². The summed E-state index contributed by atoms with van der Waals surface area (Å²) in [5.74, 6) is -0.486. The van der Waals surface area contributed by atoms with Crippen molar-refractivity contribution < 1.29 is 17.9 Å². The fraction of sp³-hybridized carbons (Fsp3) is 0.462. The first-order chi connectivity index (χ1) is 8.86. The number of sulfonamides is 1. The zero-order valence-electron chi connectivity index (χ0n) is 10.8. The summed E-state index contributed by atoms with van der Waals surface area (Å²) >= 11 is 0. The normalized spacial score (nSPS) is 16.5. The van der Waals surface area contributed by atoms with Gasteiger partial charge < -0.3 is 4.74 Å². The highest BCUT2D eigenvalue weighted by molar-refractivity contribution is 7.89. The minimum Gasteiger partial charge on any atom is -0.459 e. The van der Waals surface area contributed by atoms with Gasteiger partial charge in [0.05, 0.1) is 10.5 Å². The number of esters is 1. The van der Waals surface area contributed by atoms with Crippen LogP contribution in [-0.2, 0) is 14.8 Å². The van der Waals surface area contributed by atoms with E-state index in [2.05, 4.69) is 0 Å². The molecule has 0 atom stereocenters. The zero-order chi connectivity index (χ0) is 14.0. The minimum atomic E-state index is -3.82. The van der Waals surface area contributed by atoms with Gasteiger partial charge in [-0.25, -0.2) is 18.4 Å². The predicted octanol–water partition coefficient (Wildman–Crippen LogP) is 1.74. The van der Waals surface area contributed by atoms with E-state index in [1.807, 2.05) is 0 Å². The molecular weight excluding hydrogens is 266 g/mol. The van der Waals surface area contributed by atoms with Crippen molar-refractivity contribution in [2.45, 2.75) is 43.6 Å². The second kappa shape index (κ2) is 5.30. The fourth-order valence-electron chi connectivity index (χ4n) is 2.26. The lowest BCUT2D eigenvalue weighted by atomic mass is 10.1. The predicted molar refractivity (Wildman–Crippen MR) is 70.2 cm³/mol. The molecule has 0 saturated heterocycles. The van der Waals surface area contributed by atoms with Crippen LogP contribution >= 0.6 is 0 Å².